The van der Waals surface area contributed by atoms with Crippen LogP contribution >= 0.6 is 15.9 Å². The minimum Gasteiger partial charge on any atom is -0.295 e. The zero-order chi connectivity index (χ0) is 15.3. The molecule has 2 rings (SSSR count). The van der Waals surface area contributed by atoms with Gasteiger partial charge in [-0.25, -0.2) is 0 Å². The lowest BCUT2D eigenvalue weighted by atomic mass is 9.94. The van der Waals surface area contributed by atoms with Crippen LogP contribution in [0.1, 0.15) is 43.2 Å². The van der Waals surface area contributed by atoms with Crippen LogP contribution in [0.2, 0.25) is 0 Å². The van der Waals surface area contributed by atoms with E-state index in [4.69, 9.17) is 0 Å². The minimum atomic E-state index is -4.26. The molecule has 1 fully saturated rings. The second kappa shape index (κ2) is 7.63. The number of rotatable bonds is 5. The SMILES string of the molecule is FC(F)(F)c1cccc(CN(CCBr)C2CCCCC2)c1. The van der Waals surface area contributed by atoms with Gasteiger partial charge in [-0.15, -0.1) is 0 Å². The van der Waals surface area contributed by atoms with Crippen LogP contribution in [0.3, 0.4) is 0 Å². The molecule has 118 valence electrons. The Balaban J connectivity index is 2.09. The quantitative estimate of drug-likeness (QED) is 0.647. The Hall–Kier alpha value is -0.550. The number of benzene rings is 1. The van der Waals surface area contributed by atoms with Crippen LogP contribution in [-0.2, 0) is 12.7 Å². The highest BCUT2D eigenvalue weighted by Crippen LogP contribution is 2.30. The van der Waals surface area contributed by atoms with Crippen molar-refractivity contribution < 1.29 is 13.2 Å². The fourth-order valence-electron chi connectivity index (χ4n) is 3.03. The molecule has 1 aromatic carbocycles. The molecular weight excluding hydrogens is 343 g/mol. The first-order valence-corrected chi connectivity index (χ1v) is 8.59. The van der Waals surface area contributed by atoms with Gasteiger partial charge in [-0.1, -0.05) is 53.4 Å². The fraction of sp³-hybridized carbons (Fsp3) is 0.625. The fourth-order valence-corrected chi connectivity index (χ4v) is 3.48. The van der Waals surface area contributed by atoms with Gasteiger partial charge < -0.3 is 0 Å². The molecule has 1 aliphatic rings. The van der Waals surface area contributed by atoms with Crippen molar-refractivity contribution in [2.75, 3.05) is 11.9 Å². The molecular formula is C16H21BrF3N. The molecule has 1 nitrogen and oxygen atoms in total. The Morgan fingerprint density at radius 1 is 1.14 bits per heavy atom. The summed E-state index contributed by atoms with van der Waals surface area (Å²) in [5, 5.41) is 0.850. The summed E-state index contributed by atoms with van der Waals surface area (Å²) in [6, 6.07) is 6.22. The summed E-state index contributed by atoms with van der Waals surface area (Å²) < 4.78 is 38.4. The summed E-state index contributed by atoms with van der Waals surface area (Å²) in [7, 11) is 0. The molecule has 21 heavy (non-hydrogen) atoms. The van der Waals surface area contributed by atoms with E-state index in [2.05, 4.69) is 20.8 Å². The molecule has 1 aliphatic carbocycles. The third-order valence-electron chi connectivity index (χ3n) is 4.10. The van der Waals surface area contributed by atoms with E-state index in [-0.39, 0.29) is 0 Å². The monoisotopic (exact) mass is 363 g/mol. The van der Waals surface area contributed by atoms with Crippen LogP contribution < -0.4 is 0 Å². The first-order chi connectivity index (χ1) is 10.0. The highest BCUT2D eigenvalue weighted by atomic mass is 79.9. The number of halogens is 4. The summed E-state index contributed by atoms with van der Waals surface area (Å²) in [5.74, 6) is 0. The lowest BCUT2D eigenvalue weighted by Gasteiger charge is -2.34. The minimum absolute atomic E-state index is 0.505. The van der Waals surface area contributed by atoms with Crippen molar-refractivity contribution in [1.82, 2.24) is 4.90 Å². The van der Waals surface area contributed by atoms with Crippen LogP contribution in [0.4, 0.5) is 13.2 Å². The average Bonchev–Trinajstić information content (AvgIpc) is 2.47. The Kier molecular flexibility index (Phi) is 6.11. The molecule has 1 aromatic rings. The molecule has 0 amide bonds. The summed E-state index contributed by atoms with van der Waals surface area (Å²) in [6.07, 6.45) is 1.79. The van der Waals surface area contributed by atoms with Gasteiger partial charge in [0.25, 0.3) is 0 Å². The van der Waals surface area contributed by atoms with E-state index in [0.29, 0.717) is 12.6 Å². The van der Waals surface area contributed by atoms with Gasteiger partial charge in [0.2, 0.25) is 0 Å². The number of hydrogen-bond donors (Lipinski definition) is 0. The number of nitrogens with zero attached hydrogens (tertiary/aromatic N) is 1. The van der Waals surface area contributed by atoms with Crippen molar-refractivity contribution in [2.24, 2.45) is 0 Å². The average molecular weight is 364 g/mol. The van der Waals surface area contributed by atoms with Gasteiger partial charge in [0.1, 0.15) is 0 Å². The predicted octanol–water partition coefficient (Wildman–Crippen LogP) is 5.24. The Morgan fingerprint density at radius 3 is 2.48 bits per heavy atom. The van der Waals surface area contributed by atoms with Crippen LogP contribution in [-0.4, -0.2) is 22.8 Å². The largest absolute Gasteiger partial charge is 0.416 e. The van der Waals surface area contributed by atoms with E-state index in [1.165, 1.54) is 31.4 Å². The van der Waals surface area contributed by atoms with E-state index in [0.717, 1.165) is 36.3 Å². The Bertz CT molecular complexity index is 441. The maximum absolute atomic E-state index is 12.8. The molecule has 0 saturated heterocycles. The molecule has 0 unspecified atom stereocenters. The first-order valence-electron chi connectivity index (χ1n) is 7.47. The number of hydrogen-bond acceptors (Lipinski definition) is 1. The number of alkyl halides is 4. The van der Waals surface area contributed by atoms with Crippen LogP contribution in [0.5, 0.6) is 0 Å². The van der Waals surface area contributed by atoms with E-state index in [1.54, 1.807) is 6.07 Å². The highest BCUT2D eigenvalue weighted by molar-refractivity contribution is 9.09. The Morgan fingerprint density at radius 2 is 1.86 bits per heavy atom. The molecule has 0 bridgehead atoms. The van der Waals surface area contributed by atoms with Gasteiger partial charge >= 0.3 is 6.18 Å². The second-order valence-corrected chi connectivity index (χ2v) is 6.44. The van der Waals surface area contributed by atoms with E-state index in [1.807, 2.05) is 0 Å². The molecule has 0 N–H and O–H groups in total. The summed E-state index contributed by atoms with van der Waals surface area (Å²) in [4.78, 5) is 2.32. The van der Waals surface area contributed by atoms with Crippen molar-refractivity contribution in [2.45, 2.75) is 50.9 Å². The van der Waals surface area contributed by atoms with Gasteiger partial charge in [-0.3, -0.25) is 4.90 Å². The van der Waals surface area contributed by atoms with Crippen LogP contribution in [0, 0.1) is 0 Å². The third-order valence-corrected chi connectivity index (χ3v) is 4.46. The first kappa shape index (κ1) is 16.8. The van der Waals surface area contributed by atoms with Gasteiger partial charge in [0, 0.05) is 24.5 Å². The molecule has 0 radical (unpaired) electrons. The van der Waals surface area contributed by atoms with Gasteiger partial charge in [0.05, 0.1) is 5.56 Å². The van der Waals surface area contributed by atoms with Crippen molar-refractivity contribution in [3.05, 3.63) is 35.4 Å². The Labute approximate surface area is 132 Å². The van der Waals surface area contributed by atoms with Crippen LogP contribution in [0.25, 0.3) is 0 Å². The molecule has 0 spiro atoms. The van der Waals surface area contributed by atoms with Gasteiger partial charge in [-0.2, -0.15) is 13.2 Å². The van der Waals surface area contributed by atoms with E-state index < -0.39 is 11.7 Å². The molecule has 0 aliphatic heterocycles. The lowest BCUT2D eigenvalue weighted by molar-refractivity contribution is -0.137. The van der Waals surface area contributed by atoms with Crippen molar-refractivity contribution in [3.63, 3.8) is 0 Å². The van der Waals surface area contributed by atoms with Crippen molar-refractivity contribution >= 4 is 15.9 Å². The lowest BCUT2D eigenvalue weighted by Crippen LogP contribution is -2.37. The van der Waals surface area contributed by atoms with E-state index in [9.17, 15) is 13.2 Å². The second-order valence-electron chi connectivity index (χ2n) is 5.65. The summed E-state index contributed by atoms with van der Waals surface area (Å²) >= 11 is 3.45. The molecule has 0 atom stereocenters. The van der Waals surface area contributed by atoms with Gasteiger partial charge in [-0.05, 0) is 24.5 Å². The summed E-state index contributed by atoms with van der Waals surface area (Å²) in [6.45, 7) is 1.47. The van der Waals surface area contributed by atoms with Crippen molar-refractivity contribution in [3.8, 4) is 0 Å². The summed E-state index contributed by atoms with van der Waals surface area (Å²) in [5.41, 5.74) is 0.193. The zero-order valence-corrected chi connectivity index (χ0v) is 13.6. The maximum Gasteiger partial charge on any atom is 0.416 e. The predicted molar refractivity (Wildman–Crippen MR) is 82.5 cm³/mol. The zero-order valence-electron chi connectivity index (χ0n) is 12.0. The molecule has 1 saturated carbocycles. The smallest absolute Gasteiger partial charge is 0.295 e. The molecule has 5 heteroatoms. The topological polar surface area (TPSA) is 3.24 Å². The maximum atomic E-state index is 12.8. The van der Waals surface area contributed by atoms with Crippen molar-refractivity contribution in [1.29, 1.82) is 0 Å². The van der Waals surface area contributed by atoms with E-state index >= 15 is 0 Å². The van der Waals surface area contributed by atoms with Gasteiger partial charge in [0.15, 0.2) is 0 Å². The van der Waals surface area contributed by atoms with Crippen LogP contribution in [0.15, 0.2) is 24.3 Å². The standard InChI is InChI=1S/C16H21BrF3N/c17-9-10-21(15-7-2-1-3-8-15)12-13-5-4-6-14(11-13)16(18,19)20/h4-6,11,15H,1-3,7-10,12H2. The highest BCUT2D eigenvalue weighted by Gasteiger charge is 2.30. The normalized spacial score (nSPS) is 17.4. The molecule has 0 heterocycles. The third kappa shape index (κ3) is 4.99. The molecule has 0 aromatic heterocycles.